The summed E-state index contributed by atoms with van der Waals surface area (Å²) >= 11 is 0. The molecule has 3 heteroatoms. The van der Waals surface area contributed by atoms with E-state index in [1.54, 1.807) is 0 Å². The van der Waals surface area contributed by atoms with Crippen LogP contribution in [-0.4, -0.2) is 29.4 Å². The fourth-order valence-electron chi connectivity index (χ4n) is 3.27. The highest BCUT2D eigenvalue weighted by Gasteiger charge is 2.46. The molecule has 2 N–H and O–H groups in total. The molecule has 2 aliphatic rings. The number of likely N-dealkylation sites (tertiary alicyclic amines) is 1. The molecular formula is C14H26N2O. The van der Waals surface area contributed by atoms with Crippen molar-refractivity contribution in [2.75, 3.05) is 13.1 Å². The van der Waals surface area contributed by atoms with Crippen LogP contribution in [0.15, 0.2) is 0 Å². The van der Waals surface area contributed by atoms with Crippen LogP contribution in [0.4, 0.5) is 0 Å². The van der Waals surface area contributed by atoms with E-state index in [1.165, 1.54) is 19.3 Å². The van der Waals surface area contributed by atoms with Crippen molar-refractivity contribution < 1.29 is 4.79 Å². The Labute approximate surface area is 105 Å². The Morgan fingerprint density at radius 3 is 2.53 bits per heavy atom. The predicted octanol–water partition coefficient (Wildman–Crippen LogP) is 2.15. The summed E-state index contributed by atoms with van der Waals surface area (Å²) in [6.07, 6.45) is 5.68. The van der Waals surface area contributed by atoms with Gasteiger partial charge in [0.05, 0.1) is 5.54 Å². The van der Waals surface area contributed by atoms with Crippen LogP contribution in [0.3, 0.4) is 0 Å². The number of nitrogens with two attached hydrogens (primary N) is 1. The minimum atomic E-state index is -0.103. The summed E-state index contributed by atoms with van der Waals surface area (Å²) in [4.78, 5) is 14.4. The molecule has 1 heterocycles. The molecule has 0 bridgehead atoms. The third kappa shape index (κ3) is 2.35. The van der Waals surface area contributed by atoms with Crippen molar-refractivity contribution in [3.63, 3.8) is 0 Å². The van der Waals surface area contributed by atoms with Gasteiger partial charge >= 0.3 is 0 Å². The first-order chi connectivity index (χ1) is 7.88. The number of rotatable bonds is 2. The van der Waals surface area contributed by atoms with Crippen molar-refractivity contribution in [2.24, 2.45) is 17.1 Å². The molecule has 0 aromatic heterocycles. The third-order valence-corrected chi connectivity index (χ3v) is 4.83. The average molecular weight is 238 g/mol. The van der Waals surface area contributed by atoms with Crippen molar-refractivity contribution in [1.82, 2.24) is 4.90 Å². The van der Waals surface area contributed by atoms with Gasteiger partial charge in [-0.3, -0.25) is 4.79 Å². The van der Waals surface area contributed by atoms with E-state index in [9.17, 15) is 4.79 Å². The molecule has 2 fully saturated rings. The first-order valence-corrected chi connectivity index (χ1v) is 6.96. The standard InChI is InChI=1S/C14H26N2O/c1-4-14(15)9-16(10-14)12(17)11-7-5-6-8-13(11,2)3/h11H,4-10,15H2,1-3H3. The number of hydrogen-bond donors (Lipinski definition) is 1. The van der Waals surface area contributed by atoms with Gasteiger partial charge in [-0.15, -0.1) is 0 Å². The third-order valence-electron chi connectivity index (χ3n) is 4.83. The van der Waals surface area contributed by atoms with E-state index >= 15 is 0 Å². The summed E-state index contributed by atoms with van der Waals surface area (Å²) in [7, 11) is 0. The van der Waals surface area contributed by atoms with Gasteiger partial charge in [0.2, 0.25) is 5.91 Å². The summed E-state index contributed by atoms with van der Waals surface area (Å²) < 4.78 is 0. The van der Waals surface area contributed by atoms with Gasteiger partial charge in [-0.1, -0.05) is 33.6 Å². The van der Waals surface area contributed by atoms with Crippen LogP contribution < -0.4 is 5.73 Å². The molecule has 0 spiro atoms. The Kier molecular flexibility index (Phi) is 3.23. The predicted molar refractivity (Wildman–Crippen MR) is 69.5 cm³/mol. The van der Waals surface area contributed by atoms with E-state index in [0.717, 1.165) is 25.9 Å². The Hall–Kier alpha value is -0.570. The Balaban J connectivity index is 1.97. The molecule has 1 aliphatic heterocycles. The van der Waals surface area contributed by atoms with Crippen LogP contribution in [0.2, 0.25) is 0 Å². The molecule has 1 saturated carbocycles. The van der Waals surface area contributed by atoms with E-state index < -0.39 is 0 Å². The van der Waals surface area contributed by atoms with Crippen molar-refractivity contribution in [1.29, 1.82) is 0 Å². The van der Waals surface area contributed by atoms with Gasteiger partial charge in [0.15, 0.2) is 0 Å². The summed E-state index contributed by atoms with van der Waals surface area (Å²) in [5.74, 6) is 0.571. The van der Waals surface area contributed by atoms with Crippen LogP contribution in [0.5, 0.6) is 0 Å². The lowest BCUT2D eigenvalue weighted by Gasteiger charge is -2.50. The lowest BCUT2D eigenvalue weighted by molar-refractivity contribution is -0.149. The van der Waals surface area contributed by atoms with Gasteiger partial charge in [0.1, 0.15) is 0 Å². The second kappa shape index (κ2) is 4.27. The first-order valence-electron chi connectivity index (χ1n) is 6.96. The van der Waals surface area contributed by atoms with Gasteiger partial charge in [-0.25, -0.2) is 0 Å². The van der Waals surface area contributed by atoms with E-state index in [2.05, 4.69) is 20.8 Å². The maximum Gasteiger partial charge on any atom is 0.226 e. The molecule has 0 aromatic carbocycles. The molecule has 1 aliphatic carbocycles. The zero-order chi connectivity index (χ0) is 12.7. The van der Waals surface area contributed by atoms with Crippen LogP contribution >= 0.6 is 0 Å². The van der Waals surface area contributed by atoms with E-state index in [1.807, 2.05) is 4.90 Å². The number of nitrogens with zero attached hydrogens (tertiary/aromatic N) is 1. The smallest absolute Gasteiger partial charge is 0.226 e. The lowest BCUT2D eigenvalue weighted by atomic mass is 9.67. The second-order valence-electron chi connectivity index (χ2n) is 6.70. The Bertz CT molecular complexity index is 305. The molecular weight excluding hydrogens is 212 g/mol. The van der Waals surface area contributed by atoms with Crippen molar-refractivity contribution in [3.8, 4) is 0 Å². The van der Waals surface area contributed by atoms with Crippen molar-refractivity contribution in [3.05, 3.63) is 0 Å². The van der Waals surface area contributed by atoms with E-state index in [-0.39, 0.29) is 16.9 Å². The maximum atomic E-state index is 12.5. The fourth-order valence-corrected chi connectivity index (χ4v) is 3.27. The second-order valence-corrected chi connectivity index (χ2v) is 6.70. The molecule has 1 atom stereocenters. The van der Waals surface area contributed by atoms with Crippen molar-refractivity contribution in [2.45, 2.75) is 58.4 Å². The maximum absolute atomic E-state index is 12.5. The van der Waals surface area contributed by atoms with Crippen LogP contribution in [0.25, 0.3) is 0 Å². The average Bonchev–Trinajstić information content (AvgIpc) is 2.23. The highest BCUT2D eigenvalue weighted by atomic mass is 16.2. The lowest BCUT2D eigenvalue weighted by Crippen LogP contribution is -2.69. The minimum absolute atomic E-state index is 0.103. The van der Waals surface area contributed by atoms with Crippen LogP contribution in [-0.2, 0) is 4.79 Å². The quantitative estimate of drug-likeness (QED) is 0.801. The highest BCUT2D eigenvalue weighted by molar-refractivity contribution is 5.81. The van der Waals surface area contributed by atoms with Crippen molar-refractivity contribution >= 4 is 5.91 Å². The summed E-state index contributed by atoms with van der Waals surface area (Å²) in [6, 6.07) is 0. The minimum Gasteiger partial charge on any atom is -0.339 e. The molecule has 98 valence electrons. The number of hydrogen-bond acceptors (Lipinski definition) is 2. The molecule has 1 amide bonds. The van der Waals surface area contributed by atoms with Gasteiger partial charge in [-0.2, -0.15) is 0 Å². The van der Waals surface area contributed by atoms with Gasteiger partial charge in [-0.05, 0) is 24.7 Å². The molecule has 0 radical (unpaired) electrons. The SMILES string of the molecule is CCC1(N)CN(C(=O)C2CCCCC2(C)C)C1. The molecule has 0 aromatic rings. The van der Waals surface area contributed by atoms with Gasteiger partial charge in [0.25, 0.3) is 0 Å². The first kappa shape index (κ1) is 12.9. The fraction of sp³-hybridized carbons (Fsp3) is 0.929. The molecule has 2 rings (SSSR count). The molecule has 1 saturated heterocycles. The molecule has 17 heavy (non-hydrogen) atoms. The summed E-state index contributed by atoms with van der Waals surface area (Å²) in [6.45, 7) is 8.10. The monoisotopic (exact) mass is 238 g/mol. The summed E-state index contributed by atoms with van der Waals surface area (Å²) in [5, 5.41) is 0. The molecule has 3 nitrogen and oxygen atoms in total. The zero-order valence-electron chi connectivity index (χ0n) is 11.5. The Morgan fingerprint density at radius 1 is 1.35 bits per heavy atom. The number of carbonyl (C=O) groups is 1. The van der Waals surface area contributed by atoms with E-state index in [4.69, 9.17) is 5.73 Å². The molecule has 1 unspecified atom stereocenters. The number of amides is 1. The largest absolute Gasteiger partial charge is 0.339 e. The van der Waals surface area contributed by atoms with Gasteiger partial charge < -0.3 is 10.6 Å². The summed E-state index contributed by atoms with van der Waals surface area (Å²) in [5.41, 5.74) is 6.21. The Morgan fingerprint density at radius 2 is 2.00 bits per heavy atom. The van der Waals surface area contributed by atoms with E-state index in [0.29, 0.717) is 5.91 Å². The zero-order valence-corrected chi connectivity index (χ0v) is 11.5. The topological polar surface area (TPSA) is 46.3 Å². The number of carbonyl (C=O) groups excluding carboxylic acids is 1. The normalized spacial score (nSPS) is 30.8. The van der Waals surface area contributed by atoms with Crippen LogP contribution in [0, 0.1) is 11.3 Å². The van der Waals surface area contributed by atoms with Gasteiger partial charge in [0, 0.05) is 19.0 Å². The highest BCUT2D eigenvalue weighted by Crippen LogP contribution is 2.42. The van der Waals surface area contributed by atoms with Crippen LogP contribution in [0.1, 0.15) is 52.9 Å².